The summed E-state index contributed by atoms with van der Waals surface area (Å²) in [6.07, 6.45) is 0.761. The van der Waals surface area contributed by atoms with Gasteiger partial charge in [0.15, 0.2) is 5.78 Å². The van der Waals surface area contributed by atoms with E-state index < -0.39 is 23.4 Å². The molecule has 2 aromatic carbocycles. The molecule has 0 heterocycles. The van der Waals surface area contributed by atoms with E-state index >= 15 is 0 Å². The fraction of sp³-hybridized carbons (Fsp3) is 0.190. The second-order valence-corrected chi connectivity index (χ2v) is 5.99. The second kappa shape index (κ2) is 9.55. The number of allylic oxidation sites excluding steroid dienone is 2. The molecule has 0 N–H and O–H groups in total. The van der Waals surface area contributed by atoms with Gasteiger partial charge in [0, 0.05) is 11.6 Å². The van der Waals surface area contributed by atoms with Gasteiger partial charge in [0.2, 0.25) is 0 Å². The summed E-state index contributed by atoms with van der Waals surface area (Å²) in [6, 6.07) is 9.45. The van der Waals surface area contributed by atoms with E-state index in [0.29, 0.717) is 11.3 Å². The molecule has 7 heteroatoms. The average molecular weight is 388 g/mol. The second-order valence-electron chi connectivity index (χ2n) is 5.99. The normalized spacial score (nSPS) is 11.1. The highest BCUT2D eigenvalue weighted by Gasteiger charge is 2.11. The molecule has 28 heavy (non-hydrogen) atoms. The number of carbonyl (C=O) groups is 3. The highest BCUT2D eigenvalue weighted by molar-refractivity contribution is 6.05. The fourth-order valence-corrected chi connectivity index (χ4v) is 2.26. The first-order chi connectivity index (χ1) is 13.3. The summed E-state index contributed by atoms with van der Waals surface area (Å²) in [7, 11) is 0. The Morgan fingerprint density at radius 1 is 0.964 bits per heavy atom. The Kier molecular flexibility index (Phi) is 7.14. The lowest BCUT2D eigenvalue weighted by Gasteiger charge is -2.08. The van der Waals surface area contributed by atoms with Crippen molar-refractivity contribution in [2.75, 3.05) is 0 Å². The summed E-state index contributed by atoms with van der Waals surface area (Å²) >= 11 is 0. The molecule has 0 spiro atoms. The van der Waals surface area contributed by atoms with E-state index in [9.17, 15) is 23.2 Å². The quantitative estimate of drug-likeness (QED) is 0.223. The summed E-state index contributed by atoms with van der Waals surface area (Å²) in [6.45, 7) is 2.39. The number of ketones is 2. The third kappa shape index (κ3) is 6.12. The van der Waals surface area contributed by atoms with Crippen molar-refractivity contribution < 1.29 is 32.6 Å². The number of Topliss-reactive ketones (excluding diaryl/α,β-unsaturated/α-hetero) is 1. The Morgan fingerprint density at radius 2 is 1.57 bits per heavy atom. The minimum Gasteiger partial charge on any atom is -0.489 e. The van der Waals surface area contributed by atoms with Gasteiger partial charge in [-0.05, 0) is 50.2 Å². The molecule has 0 saturated carbocycles. The van der Waals surface area contributed by atoms with Crippen LogP contribution in [0.5, 0.6) is 5.75 Å². The first kappa shape index (κ1) is 21.0. The smallest absolute Gasteiger partial charge is 0.318 e. The van der Waals surface area contributed by atoms with Gasteiger partial charge in [0.25, 0.3) is 0 Å². The largest absolute Gasteiger partial charge is 0.489 e. The molecule has 146 valence electrons. The van der Waals surface area contributed by atoms with Crippen molar-refractivity contribution in [1.29, 1.82) is 0 Å². The predicted molar refractivity (Wildman–Crippen MR) is 96.6 cm³/mol. The van der Waals surface area contributed by atoms with Gasteiger partial charge >= 0.3 is 5.97 Å². The number of hydrogen-bond donors (Lipinski definition) is 0. The first-order valence-electron chi connectivity index (χ1n) is 8.34. The molecule has 0 atom stereocenters. The molecular weight excluding hydrogens is 370 g/mol. The molecule has 0 fully saturated rings. The van der Waals surface area contributed by atoms with Gasteiger partial charge in [-0.15, -0.1) is 0 Å². The van der Waals surface area contributed by atoms with E-state index in [1.807, 2.05) is 0 Å². The zero-order valence-corrected chi connectivity index (χ0v) is 15.3. The standard InChI is InChI=1S/C21H18F2O5/c1-13(24)10-21(26)28-14(2)11-20(25)15-6-8-16(9-7-15)27-12-17-18(22)4-3-5-19(17)23/h3-9,11H,10,12H2,1-2H3. The van der Waals surface area contributed by atoms with Crippen LogP contribution in [0.2, 0.25) is 0 Å². The Bertz CT molecular complexity index is 897. The summed E-state index contributed by atoms with van der Waals surface area (Å²) in [5, 5.41) is 0. The van der Waals surface area contributed by atoms with Gasteiger partial charge < -0.3 is 9.47 Å². The van der Waals surface area contributed by atoms with Crippen molar-refractivity contribution in [1.82, 2.24) is 0 Å². The fourth-order valence-electron chi connectivity index (χ4n) is 2.26. The van der Waals surface area contributed by atoms with Gasteiger partial charge in [-0.3, -0.25) is 14.4 Å². The van der Waals surface area contributed by atoms with Gasteiger partial charge in [-0.2, -0.15) is 0 Å². The number of esters is 1. The first-order valence-corrected chi connectivity index (χ1v) is 8.34. The molecule has 0 unspecified atom stereocenters. The van der Waals surface area contributed by atoms with Crippen molar-refractivity contribution in [2.45, 2.75) is 26.9 Å². The minimum atomic E-state index is -0.738. The number of carbonyl (C=O) groups excluding carboxylic acids is 3. The average Bonchev–Trinajstić information content (AvgIpc) is 2.60. The Balaban J connectivity index is 1.97. The molecule has 0 aromatic heterocycles. The Hall–Kier alpha value is -3.35. The van der Waals surface area contributed by atoms with Crippen LogP contribution in [0.25, 0.3) is 0 Å². The summed E-state index contributed by atoms with van der Waals surface area (Å²) in [5.41, 5.74) is 0.111. The molecule has 0 radical (unpaired) electrons. The van der Waals surface area contributed by atoms with Crippen molar-refractivity contribution >= 4 is 17.5 Å². The monoisotopic (exact) mass is 388 g/mol. The van der Waals surface area contributed by atoms with Crippen LogP contribution in [0.3, 0.4) is 0 Å². The summed E-state index contributed by atoms with van der Waals surface area (Å²) in [4.78, 5) is 34.4. The number of rotatable bonds is 8. The van der Waals surface area contributed by atoms with Crippen molar-refractivity contribution in [2.24, 2.45) is 0 Å². The van der Waals surface area contributed by atoms with Crippen molar-refractivity contribution in [3.05, 3.63) is 77.1 Å². The van der Waals surface area contributed by atoms with E-state index in [1.54, 1.807) is 0 Å². The van der Waals surface area contributed by atoms with Crippen LogP contribution in [0.15, 0.2) is 54.3 Å². The molecule has 0 saturated heterocycles. The molecule has 0 bridgehead atoms. The van der Waals surface area contributed by atoms with Crippen LogP contribution in [0, 0.1) is 11.6 Å². The number of halogens is 2. The van der Waals surface area contributed by atoms with Gasteiger partial charge in [-0.1, -0.05) is 6.07 Å². The molecule has 2 aromatic rings. The zero-order chi connectivity index (χ0) is 20.7. The Morgan fingerprint density at radius 3 is 2.14 bits per heavy atom. The highest BCUT2D eigenvalue weighted by Crippen LogP contribution is 2.18. The molecule has 0 amide bonds. The van der Waals surface area contributed by atoms with E-state index in [2.05, 4.69) is 0 Å². The topological polar surface area (TPSA) is 69.7 Å². The number of benzene rings is 2. The maximum absolute atomic E-state index is 13.6. The van der Waals surface area contributed by atoms with Gasteiger partial charge in [0.1, 0.15) is 42.0 Å². The van der Waals surface area contributed by atoms with E-state index in [-0.39, 0.29) is 30.1 Å². The number of ether oxygens (including phenoxy) is 2. The van der Waals surface area contributed by atoms with Crippen LogP contribution < -0.4 is 4.74 Å². The van der Waals surface area contributed by atoms with Gasteiger partial charge in [0.05, 0.1) is 5.56 Å². The van der Waals surface area contributed by atoms with Crippen LogP contribution in [0.4, 0.5) is 8.78 Å². The molecule has 0 aliphatic heterocycles. The van der Waals surface area contributed by atoms with E-state index in [1.165, 1.54) is 44.2 Å². The zero-order valence-electron chi connectivity index (χ0n) is 15.3. The number of hydrogen-bond acceptors (Lipinski definition) is 5. The maximum Gasteiger partial charge on any atom is 0.318 e. The van der Waals surface area contributed by atoms with Gasteiger partial charge in [-0.25, -0.2) is 8.78 Å². The van der Waals surface area contributed by atoms with E-state index in [4.69, 9.17) is 9.47 Å². The lowest BCUT2D eigenvalue weighted by atomic mass is 10.1. The molecule has 0 aliphatic rings. The van der Waals surface area contributed by atoms with Crippen LogP contribution in [0.1, 0.15) is 36.2 Å². The summed E-state index contributed by atoms with van der Waals surface area (Å²) < 4.78 is 37.4. The summed E-state index contributed by atoms with van der Waals surface area (Å²) in [5.74, 6) is -2.51. The van der Waals surface area contributed by atoms with Crippen LogP contribution in [-0.4, -0.2) is 17.5 Å². The van der Waals surface area contributed by atoms with Crippen LogP contribution >= 0.6 is 0 Å². The van der Waals surface area contributed by atoms with Crippen molar-refractivity contribution in [3.8, 4) is 5.75 Å². The Labute approximate surface area is 160 Å². The lowest BCUT2D eigenvalue weighted by Crippen LogP contribution is -2.08. The van der Waals surface area contributed by atoms with E-state index in [0.717, 1.165) is 18.2 Å². The molecule has 5 nitrogen and oxygen atoms in total. The predicted octanol–water partition coefficient (Wildman–Crippen LogP) is 4.15. The van der Waals surface area contributed by atoms with Crippen molar-refractivity contribution in [3.63, 3.8) is 0 Å². The highest BCUT2D eigenvalue weighted by atomic mass is 19.1. The van der Waals surface area contributed by atoms with Crippen LogP contribution in [-0.2, 0) is 20.9 Å². The SMILES string of the molecule is CC(=O)CC(=O)OC(C)=CC(=O)c1ccc(OCc2c(F)cccc2F)cc1. The lowest BCUT2D eigenvalue weighted by molar-refractivity contribution is -0.141. The third-order valence-electron chi connectivity index (χ3n) is 3.59. The minimum absolute atomic E-state index is 0.0617. The molecule has 2 rings (SSSR count). The maximum atomic E-state index is 13.6. The molecule has 0 aliphatic carbocycles. The molecular formula is C21H18F2O5. The third-order valence-corrected chi connectivity index (χ3v) is 3.59.